The highest BCUT2D eigenvalue weighted by atomic mass is 32.2. The summed E-state index contributed by atoms with van der Waals surface area (Å²) in [6.45, 7) is 7.70. The third-order valence-corrected chi connectivity index (χ3v) is 7.47. The van der Waals surface area contributed by atoms with Gasteiger partial charge in [0.05, 0.1) is 5.25 Å². The van der Waals surface area contributed by atoms with Crippen LogP contribution in [0.3, 0.4) is 0 Å². The number of anilines is 2. The number of hydrogen-bond donors (Lipinski definition) is 1. The molecule has 1 aliphatic heterocycles. The molecule has 2 aromatic heterocycles. The minimum Gasteiger partial charge on any atom is -0.339 e. The molecule has 1 fully saturated rings. The van der Waals surface area contributed by atoms with Gasteiger partial charge in [-0.05, 0) is 45.5 Å². The lowest BCUT2D eigenvalue weighted by Crippen LogP contribution is -2.41. The third-order valence-electron chi connectivity index (χ3n) is 5.20. The number of aliphatic imine (C=N–C) groups is 1. The summed E-state index contributed by atoms with van der Waals surface area (Å²) in [7, 11) is -3.27. The Labute approximate surface area is 186 Å². The van der Waals surface area contributed by atoms with E-state index in [4.69, 9.17) is 4.52 Å². The normalized spacial score (nSPS) is 15.7. The van der Waals surface area contributed by atoms with Crippen molar-refractivity contribution in [3.05, 3.63) is 36.2 Å². The van der Waals surface area contributed by atoms with E-state index in [2.05, 4.69) is 42.1 Å². The molecule has 32 heavy (non-hydrogen) atoms. The van der Waals surface area contributed by atoms with Crippen molar-refractivity contribution in [1.29, 1.82) is 0 Å². The summed E-state index contributed by atoms with van der Waals surface area (Å²) in [6, 6.07) is 9.44. The highest BCUT2D eigenvalue weighted by molar-refractivity contribution is 7.89. The molecule has 0 aliphatic carbocycles. The smallest absolute Gasteiger partial charge is 0.254 e. The minimum atomic E-state index is -3.27. The van der Waals surface area contributed by atoms with E-state index >= 15 is 0 Å². The summed E-state index contributed by atoms with van der Waals surface area (Å²) in [5.74, 6) is 1.23. The van der Waals surface area contributed by atoms with E-state index in [0.29, 0.717) is 31.8 Å². The predicted octanol–water partition coefficient (Wildman–Crippen LogP) is 2.91. The van der Waals surface area contributed by atoms with Crippen LogP contribution in [0.5, 0.6) is 0 Å². The lowest BCUT2D eigenvalue weighted by atomic mass is 9.98. The quantitative estimate of drug-likeness (QED) is 0.531. The number of rotatable bonds is 7. The molecule has 3 aromatic rings. The van der Waals surface area contributed by atoms with Crippen molar-refractivity contribution in [2.24, 2.45) is 4.99 Å². The highest BCUT2D eigenvalue weighted by Gasteiger charge is 2.33. The van der Waals surface area contributed by atoms with E-state index in [1.165, 1.54) is 4.31 Å². The fraction of sp³-hybridized carbons (Fsp3) is 0.400. The van der Waals surface area contributed by atoms with Crippen LogP contribution in [0.25, 0.3) is 11.6 Å². The van der Waals surface area contributed by atoms with E-state index in [9.17, 15) is 8.42 Å². The minimum absolute atomic E-state index is 0.0318. The molecule has 0 spiro atoms. The van der Waals surface area contributed by atoms with Crippen molar-refractivity contribution < 1.29 is 12.9 Å². The first-order valence-electron chi connectivity index (χ1n) is 10.2. The summed E-state index contributed by atoms with van der Waals surface area (Å²) >= 11 is 0. The van der Waals surface area contributed by atoms with Crippen LogP contribution < -0.4 is 5.32 Å². The van der Waals surface area contributed by atoms with Crippen molar-refractivity contribution in [2.45, 2.75) is 37.9 Å². The number of aromatic nitrogens is 5. The van der Waals surface area contributed by atoms with Crippen LogP contribution in [0.1, 0.15) is 38.5 Å². The Hall–Kier alpha value is -3.25. The Bertz CT molecular complexity index is 1190. The lowest BCUT2D eigenvalue weighted by molar-refractivity contribution is 0.269. The monoisotopic (exact) mass is 456 g/mol. The lowest BCUT2D eigenvalue weighted by Gasteiger charge is -2.30. The molecule has 3 heterocycles. The van der Waals surface area contributed by atoms with Gasteiger partial charge in [-0.15, -0.1) is 0 Å². The van der Waals surface area contributed by atoms with Gasteiger partial charge in [-0.3, -0.25) is 0 Å². The summed E-state index contributed by atoms with van der Waals surface area (Å²) in [5.41, 5.74) is 0.802. The first-order chi connectivity index (χ1) is 15.4. The van der Waals surface area contributed by atoms with Crippen molar-refractivity contribution in [3.63, 3.8) is 0 Å². The fourth-order valence-corrected chi connectivity index (χ4v) is 4.71. The van der Waals surface area contributed by atoms with Crippen LogP contribution >= 0.6 is 0 Å². The molecule has 0 amide bonds. The molecular formula is C20H24N8O3S. The van der Waals surface area contributed by atoms with Gasteiger partial charge in [0.2, 0.25) is 33.5 Å². The molecule has 4 rings (SSSR count). The maximum absolute atomic E-state index is 12.4. The molecule has 1 N–H and O–H groups in total. The number of nitrogens with zero attached hydrogens (tertiary/aromatic N) is 7. The van der Waals surface area contributed by atoms with E-state index in [-0.39, 0.29) is 29.5 Å². The molecule has 0 radical (unpaired) electrons. The molecule has 1 saturated heterocycles. The first kappa shape index (κ1) is 22.0. The largest absolute Gasteiger partial charge is 0.339 e. The van der Waals surface area contributed by atoms with Gasteiger partial charge < -0.3 is 9.84 Å². The van der Waals surface area contributed by atoms with Crippen molar-refractivity contribution in [2.75, 3.05) is 18.4 Å². The van der Waals surface area contributed by atoms with E-state index < -0.39 is 15.3 Å². The summed E-state index contributed by atoms with van der Waals surface area (Å²) in [4.78, 5) is 21.1. The van der Waals surface area contributed by atoms with E-state index in [1.807, 2.05) is 30.3 Å². The molecule has 0 bridgehead atoms. The molecule has 0 atom stereocenters. The average Bonchev–Trinajstić information content (AvgIpc) is 3.30. The molecule has 168 valence electrons. The number of benzene rings is 1. The number of piperidine rings is 1. The molecule has 12 heteroatoms. The Morgan fingerprint density at radius 3 is 2.47 bits per heavy atom. The van der Waals surface area contributed by atoms with Gasteiger partial charge in [-0.25, -0.2) is 17.7 Å². The molecule has 0 unspecified atom stereocenters. The zero-order chi connectivity index (χ0) is 22.7. The summed E-state index contributed by atoms with van der Waals surface area (Å²) in [5, 5.41) is 6.67. The molecule has 1 aromatic carbocycles. The fourth-order valence-electron chi connectivity index (χ4n) is 3.39. The molecular weight excluding hydrogens is 432 g/mol. The van der Waals surface area contributed by atoms with Crippen LogP contribution in [0.15, 0.2) is 39.8 Å². The van der Waals surface area contributed by atoms with Gasteiger partial charge in [0, 0.05) is 24.7 Å². The number of para-hydroxylation sites is 1. The topological polar surface area (TPSA) is 139 Å². The SMILES string of the molecule is C=Nc1nc(Nc2ccccc2)nc(-c2noc(C3CCN(S(=O)(=O)C(C)C)CC3)n2)n1. The van der Waals surface area contributed by atoms with Gasteiger partial charge in [0.15, 0.2) is 0 Å². The van der Waals surface area contributed by atoms with Gasteiger partial charge in [-0.2, -0.15) is 19.9 Å². The number of sulfonamides is 1. The molecule has 11 nitrogen and oxygen atoms in total. The van der Waals surface area contributed by atoms with Gasteiger partial charge in [0.1, 0.15) is 0 Å². The van der Waals surface area contributed by atoms with Crippen LogP contribution in [-0.4, -0.2) is 62.9 Å². The predicted molar refractivity (Wildman–Crippen MR) is 120 cm³/mol. The van der Waals surface area contributed by atoms with Crippen LogP contribution in [0.2, 0.25) is 0 Å². The summed E-state index contributed by atoms with van der Waals surface area (Å²) in [6.07, 6.45) is 1.20. The second-order valence-corrected chi connectivity index (χ2v) is 10.1. The first-order valence-corrected chi connectivity index (χ1v) is 11.7. The maximum atomic E-state index is 12.4. The Kier molecular flexibility index (Phi) is 6.24. The van der Waals surface area contributed by atoms with Gasteiger partial charge >= 0.3 is 0 Å². The van der Waals surface area contributed by atoms with Crippen LogP contribution in [0, 0.1) is 0 Å². The third kappa shape index (κ3) is 4.65. The molecule has 1 aliphatic rings. The number of nitrogens with one attached hydrogen (secondary N) is 1. The van der Waals surface area contributed by atoms with E-state index in [0.717, 1.165) is 5.69 Å². The Balaban J connectivity index is 1.51. The zero-order valence-corrected chi connectivity index (χ0v) is 18.7. The standard InChI is InChI=1S/C20H24N8O3S/c1-13(2)32(29,30)28-11-9-14(10-12-28)18-23-17(27-31-18)16-24-19(21-3)26-20(25-16)22-15-7-5-4-6-8-15/h4-8,13-14H,3,9-12H2,1-2H3,(H,22,24,25,26). The van der Waals surface area contributed by atoms with Crippen LogP contribution in [-0.2, 0) is 10.0 Å². The van der Waals surface area contributed by atoms with Crippen LogP contribution in [0.4, 0.5) is 17.6 Å². The highest BCUT2D eigenvalue weighted by Crippen LogP contribution is 2.30. The average molecular weight is 457 g/mol. The van der Waals surface area contributed by atoms with Gasteiger partial charge in [-0.1, -0.05) is 23.4 Å². The van der Waals surface area contributed by atoms with E-state index in [1.54, 1.807) is 13.8 Å². The molecule has 0 saturated carbocycles. The Morgan fingerprint density at radius 1 is 1.09 bits per heavy atom. The van der Waals surface area contributed by atoms with Crippen molar-refractivity contribution >= 4 is 34.3 Å². The van der Waals surface area contributed by atoms with Crippen molar-refractivity contribution in [3.8, 4) is 11.6 Å². The zero-order valence-electron chi connectivity index (χ0n) is 17.8. The van der Waals surface area contributed by atoms with Crippen molar-refractivity contribution in [1.82, 2.24) is 29.4 Å². The maximum Gasteiger partial charge on any atom is 0.254 e. The number of hydrogen-bond acceptors (Lipinski definition) is 10. The summed E-state index contributed by atoms with van der Waals surface area (Å²) < 4.78 is 31.7. The second kappa shape index (κ2) is 9.09. The Morgan fingerprint density at radius 2 is 1.81 bits per heavy atom. The van der Waals surface area contributed by atoms with Gasteiger partial charge in [0.25, 0.3) is 5.95 Å². The second-order valence-electron chi connectivity index (χ2n) is 7.66.